The highest BCUT2D eigenvalue weighted by Crippen LogP contribution is 2.20. The van der Waals surface area contributed by atoms with Crippen LogP contribution < -0.4 is 4.74 Å². The quantitative estimate of drug-likeness (QED) is 0.760. The van der Waals surface area contributed by atoms with Crippen molar-refractivity contribution in [2.75, 3.05) is 6.61 Å². The summed E-state index contributed by atoms with van der Waals surface area (Å²) in [7, 11) is 0. The molecule has 0 bridgehead atoms. The smallest absolute Gasteiger partial charge is 0.323 e. The first kappa shape index (κ1) is 15.1. The van der Waals surface area contributed by atoms with Crippen LogP contribution in [0.3, 0.4) is 0 Å². The van der Waals surface area contributed by atoms with Crippen LogP contribution in [0, 0.1) is 0 Å². The van der Waals surface area contributed by atoms with Crippen molar-refractivity contribution in [3.05, 3.63) is 59.9 Å². The molecule has 0 aliphatic heterocycles. The standard InChI is InChI=1S/C18H18N2O3/c1-2-23-14-9-7-13(8-10-14)11-17-19-15-5-3-4-6-16(15)20(17)12-18(21)22/h3-10H,2,11-12H2,1H3,(H,21,22). The highest BCUT2D eigenvalue weighted by atomic mass is 16.5. The molecule has 0 saturated heterocycles. The zero-order chi connectivity index (χ0) is 16.2. The van der Waals surface area contributed by atoms with Crippen molar-refractivity contribution < 1.29 is 14.6 Å². The van der Waals surface area contributed by atoms with E-state index < -0.39 is 5.97 Å². The van der Waals surface area contributed by atoms with E-state index in [2.05, 4.69) is 4.98 Å². The maximum absolute atomic E-state index is 11.2. The third-order valence-electron chi connectivity index (χ3n) is 3.62. The molecule has 0 radical (unpaired) electrons. The number of aromatic nitrogens is 2. The summed E-state index contributed by atoms with van der Waals surface area (Å²) in [6.45, 7) is 2.49. The van der Waals surface area contributed by atoms with Crippen LogP contribution in [-0.2, 0) is 17.8 Å². The largest absolute Gasteiger partial charge is 0.494 e. The summed E-state index contributed by atoms with van der Waals surface area (Å²) in [5, 5.41) is 9.17. The molecule has 0 saturated carbocycles. The lowest BCUT2D eigenvalue weighted by Crippen LogP contribution is -2.12. The first-order valence-electron chi connectivity index (χ1n) is 7.55. The lowest BCUT2D eigenvalue weighted by molar-refractivity contribution is -0.137. The molecule has 0 amide bonds. The van der Waals surface area contributed by atoms with Crippen LogP contribution >= 0.6 is 0 Å². The number of ether oxygens (including phenoxy) is 1. The van der Waals surface area contributed by atoms with Crippen molar-refractivity contribution in [3.8, 4) is 5.75 Å². The molecule has 1 N–H and O–H groups in total. The number of carboxylic acids is 1. The molecule has 1 heterocycles. The molecule has 0 aliphatic carbocycles. The van der Waals surface area contributed by atoms with E-state index in [1.54, 1.807) is 4.57 Å². The van der Waals surface area contributed by atoms with E-state index in [0.717, 1.165) is 28.2 Å². The van der Waals surface area contributed by atoms with Gasteiger partial charge in [-0.3, -0.25) is 4.79 Å². The van der Waals surface area contributed by atoms with Gasteiger partial charge in [-0.25, -0.2) is 4.98 Å². The highest BCUT2D eigenvalue weighted by molar-refractivity contribution is 5.78. The van der Waals surface area contributed by atoms with Gasteiger partial charge >= 0.3 is 5.97 Å². The van der Waals surface area contributed by atoms with Gasteiger partial charge in [-0.1, -0.05) is 24.3 Å². The number of rotatable bonds is 6. The highest BCUT2D eigenvalue weighted by Gasteiger charge is 2.13. The molecule has 5 nitrogen and oxygen atoms in total. The summed E-state index contributed by atoms with van der Waals surface area (Å²) in [6, 6.07) is 15.4. The fourth-order valence-corrected chi connectivity index (χ4v) is 2.62. The van der Waals surface area contributed by atoms with Crippen LogP contribution in [0.5, 0.6) is 5.75 Å². The average molecular weight is 310 g/mol. The van der Waals surface area contributed by atoms with E-state index in [9.17, 15) is 4.79 Å². The summed E-state index contributed by atoms with van der Waals surface area (Å²) in [6.07, 6.45) is 0.578. The van der Waals surface area contributed by atoms with Crippen LogP contribution in [0.1, 0.15) is 18.3 Å². The normalized spacial score (nSPS) is 10.8. The number of benzene rings is 2. The van der Waals surface area contributed by atoms with Crippen LogP contribution in [0.15, 0.2) is 48.5 Å². The Morgan fingerprint density at radius 2 is 1.91 bits per heavy atom. The summed E-state index contributed by atoms with van der Waals surface area (Å²) < 4.78 is 7.19. The topological polar surface area (TPSA) is 64.4 Å². The second-order valence-electron chi connectivity index (χ2n) is 5.25. The predicted octanol–water partition coefficient (Wildman–Crippen LogP) is 3.11. The van der Waals surface area contributed by atoms with E-state index in [4.69, 9.17) is 9.84 Å². The molecule has 0 fully saturated rings. The van der Waals surface area contributed by atoms with Crippen molar-refractivity contribution in [1.82, 2.24) is 9.55 Å². The van der Waals surface area contributed by atoms with Gasteiger partial charge in [0.2, 0.25) is 0 Å². The third-order valence-corrected chi connectivity index (χ3v) is 3.62. The Hall–Kier alpha value is -2.82. The van der Waals surface area contributed by atoms with E-state index in [0.29, 0.717) is 13.0 Å². The molecule has 118 valence electrons. The number of hydrogen-bond acceptors (Lipinski definition) is 3. The number of carboxylic acid groups (broad SMARTS) is 1. The molecule has 0 atom stereocenters. The number of fused-ring (bicyclic) bond motifs is 1. The minimum atomic E-state index is -0.874. The number of hydrogen-bond donors (Lipinski definition) is 1. The van der Waals surface area contributed by atoms with Crippen LogP contribution in [0.2, 0.25) is 0 Å². The molecule has 0 aliphatic rings. The number of para-hydroxylation sites is 2. The Balaban J connectivity index is 1.93. The molecule has 1 aromatic heterocycles. The Kier molecular flexibility index (Phi) is 4.28. The van der Waals surface area contributed by atoms with Crippen molar-refractivity contribution in [2.45, 2.75) is 19.9 Å². The van der Waals surface area contributed by atoms with Crippen LogP contribution in [-0.4, -0.2) is 27.2 Å². The Bertz CT molecular complexity index is 822. The monoisotopic (exact) mass is 310 g/mol. The van der Waals surface area contributed by atoms with Gasteiger partial charge in [-0.15, -0.1) is 0 Å². The molecule has 3 rings (SSSR count). The molecule has 0 spiro atoms. The van der Waals surface area contributed by atoms with Gasteiger partial charge in [0.05, 0.1) is 17.6 Å². The van der Waals surface area contributed by atoms with Gasteiger partial charge in [-0.05, 0) is 36.8 Å². The van der Waals surface area contributed by atoms with Gasteiger partial charge in [0.25, 0.3) is 0 Å². The Morgan fingerprint density at radius 1 is 1.17 bits per heavy atom. The van der Waals surface area contributed by atoms with Gasteiger partial charge in [0, 0.05) is 6.42 Å². The summed E-state index contributed by atoms with van der Waals surface area (Å²) in [5.74, 6) is 0.703. The number of aliphatic carboxylic acids is 1. The third kappa shape index (κ3) is 3.34. The predicted molar refractivity (Wildman–Crippen MR) is 87.8 cm³/mol. The molecular weight excluding hydrogens is 292 g/mol. The van der Waals surface area contributed by atoms with Gasteiger partial charge in [-0.2, -0.15) is 0 Å². The minimum absolute atomic E-state index is 0.0904. The molecular formula is C18H18N2O3. The second kappa shape index (κ2) is 6.52. The average Bonchev–Trinajstić information content (AvgIpc) is 2.87. The zero-order valence-corrected chi connectivity index (χ0v) is 12.9. The molecule has 5 heteroatoms. The lowest BCUT2D eigenvalue weighted by atomic mass is 10.1. The molecule has 3 aromatic rings. The maximum Gasteiger partial charge on any atom is 0.323 e. The maximum atomic E-state index is 11.2. The lowest BCUT2D eigenvalue weighted by Gasteiger charge is -2.07. The van der Waals surface area contributed by atoms with Gasteiger partial charge in [0.1, 0.15) is 18.1 Å². The van der Waals surface area contributed by atoms with Gasteiger partial charge < -0.3 is 14.4 Å². The summed E-state index contributed by atoms with van der Waals surface area (Å²) in [4.78, 5) is 15.8. The van der Waals surface area contributed by atoms with E-state index in [1.165, 1.54) is 0 Å². The first-order chi connectivity index (χ1) is 11.2. The zero-order valence-electron chi connectivity index (χ0n) is 12.9. The Morgan fingerprint density at radius 3 is 2.61 bits per heavy atom. The van der Waals surface area contributed by atoms with E-state index >= 15 is 0 Å². The summed E-state index contributed by atoms with van der Waals surface area (Å²) in [5.41, 5.74) is 2.72. The van der Waals surface area contributed by atoms with Crippen molar-refractivity contribution in [1.29, 1.82) is 0 Å². The van der Waals surface area contributed by atoms with Crippen molar-refractivity contribution >= 4 is 17.0 Å². The molecule has 0 unspecified atom stereocenters. The Labute approximate surface area is 134 Å². The van der Waals surface area contributed by atoms with Gasteiger partial charge in [0.15, 0.2) is 0 Å². The van der Waals surface area contributed by atoms with E-state index in [1.807, 2.05) is 55.5 Å². The molecule has 2 aromatic carbocycles. The summed E-state index contributed by atoms with van der Waals surface area (Å²) >= 11 is 0. The van der Waals surface area contributed by atoms with Crippen molar-refractivity contribution in [2.24, 2.45) is 0 Å². The fraction of sp³-hybridized carbons (Fsp3) is 0.222. The first-order valence-corrected chi connectivity index (χ1v) is 7.55. The minimum Gasteiger partial charge on any atom is -0.494 e. The molecule has 23 heavy (non-hydrogen) atoms. The number of carbonyl (C=O) groups is 1. The van der Waals surface area contributed by atoms with Crippen LogP contribution in [0.25, 0.3) is 11.0 Å². The SMILES string of the molecule is CCOc1ccc(Cc2nc3ccccc3n2CC(=O)O)cc1. The van der Waals surface area contributed by atoms with Crippen LogP contribution in [0.4, 0.5) is 0 Å². The number of imidazole rings is 1. The van der Waals surface area contributed by atoms with Crippen molar-refractivity contribution in [3.63, 3.8) is 0 Å². The fourth-order valence-electron chi connectivity index (χ4n) is 2.62. The number of nitrogens with zero attached hydrogens (tertiary/aromatic N) is 2. The van der Waals surface area contributed by atoms with E-state index in [-0.39, 0.29) is 6.54 Å². The second-order valence-corrected chi connectivity index (χ2v) is 5.25.